The van der Waals surface area contributed by atoms with Crippen molar-refractivity contribution in [2.75, 3.05) is 25.0 Å². The molecule has 2 heterocycles. The van der Waals surface area contributed by atoms with Crippen LogP contribution in [0.4, 0.5) is 5.69 Å². The van der Waals surface area contributed by atoms with Gasteiger partial charge in [-0.1, -0.05) is 75.7 Å². The molecule has 0 aromatic heterocycles. The van der Waals surface area contributed by atoms with Gasteiger partial charge in [-0.2, -0.15) is 0 Å². The lowest BCUT2D eigenvalue weighted by molar-refractivity contribution is -0.138. The van der Waals surface area contributed by atoms with Crippen molar-refractivity contribution in [1.82, 2.24) is 10.6 Å². The minimum absolute atomic E-state index is 0.0167. The summed E-state index contributed by atoms with van der Waals surface area (Å²) in [6, 6.07) is 18.0. The highest BCUT2D eigenvalue weighted by molar-refractivity contribution is 5.95. The molecular weight excluding hydrogens is 502 g/mol. The molecule has 2 aromatic carbocycles. The van der Waals surface area contributed by atoms with Crippen molar-refractivity contribution in [2.45, 2.75) is 104 Å². The first-order chi connectivity index (χ1) is 19.2. The van der Waals surface area contributed by atoms with Gasteiger partial charge in [-0.15, -0.1) is 0 Å². The summed E-state index contributed by atoms with van der Waals surface area (Å²) in [7, 11) is 0. The standard InChI is InChI=1S/C24H31N3O2.C5H10O2.2C2H6/c1-17-7-9-19(10-8-17)27-24(28)23-22(18-5-3-2-4-6-18)15-21(16-26-23)29-20-11-13-25-14-12-20;1-5(2,3)7-4-6;2*1-2/h2-10,20-23,25-26H,11-16H2,1H3,(H,27,28);4H,1-3H3;2*1-2H3. The second-order valence-electron chi connectivity index (χ2n) is 10.5. The number of rotatable bonds is 6. The second-order valence-corrected chi connectivity index (χ2v) is 10.5. The maximum atomic E-state index is 13.1. The molecule has 40 heavy (non-hydrogen) atoms. The maximum Gasteiger partial charge on any atom is 0.293 e. The molecule has 4 rings (SSSR count). The molecule has 2 saturated heterocycles. The van der Waals surface area contributed by atoms with Crippen molar-refractivity contribution in [2.24, 2.45) is 0 Å². The van der Waals surface area contributed by atoms with Gasteiger partial charge in [0.2, 0.25) is 5.91 Å². The smallest absolute Gasteiger partial charge is 0.293 e. The van der Waals surface area contributed by atoms with Crippen molar-refractivity contribution >= 4 is 18.1 Å². The quantitative estimate of drug-likeness (QED) is 0.367. The SMILES string of the molecule is CC.CC.CC(C)(C)OC=O.Cc1ccc(NC(=O)C2NCC(OC3CCNCC3)CC2c2ccccc2)cc1. The highest BCUT2D eigenvalue weighted by Crippen LogP contribution is 2.31. The van der Waals surface area contributed by atoms with Crippen molar-refractivity contribution in [3.05, 3.63) is 65.7 Å². The van der Waals surface area contributed by atoms with Gasteiger partial charge in [-0.05, 0) is 77.7 Å². The zero-order valence-corrected chi connectivity index (χ0v) is 26.0. The van der Waals surface area contributed by atoms with Crippen molar-refractivity contribution in [1.29, 1.82) is 0 Å². The number of ether oxygens (including phenoxy) is 2. The van der Waals surface area contributed by atoms with Gasteiger partial charge in [0.05, 0.1) is 18.2 Å². The molecule has 7 nitrogen and oxygen atoms in total. The van der Waals surface area contributed by atoms with Crippen LogP contribution in [0.3, 0.4) is 0 Å². The van der Waals surface area contributed by atoms with Crippen molar-refractivity contribution < 1.29 is 19.1 Å². The van der Waals surface area contributed by atoms with Crippen LogP contribution in [0.5, 0.6) is 0 Å². The molecule has 224 valence electrons. The number of amides is 1. The van der Waals surface area contributed by atoms with E-state index in [1.807, 2.05) is 97.9 Å². The Morgan fingerprint density at radius 1 is 0.925 bits per heavy atom. The Morgan fingerprint density at radius 3 is 2.05 bits per heavy atom. The summed E-state index contributed by atoms with van der Waals surface area (Å²) in [4.78, 5) is 22.7. The fraction of sp³-hybridized carbons (Fsp3) is 0.576. The highest BCUT2D eigenvalue weighted by atomic mass is 16.5. The Balaban J connectivity index is 0.000000629. The van der Waals surface area contributed by atoms with E-state index in [0.717, 1.165) is 38.0 Å². The van der Waals surface area contributed by atoms with Gasteiger partial charge in [-0.25, -0.2) is 0 Å². The molecule has 0 spiro atoms. The number of anilines is 1. The van der Waals surface area contributed by atoms with Crippen LogP contribution in [0.15, 0.2) is 54.6 Å². The van der Waals surface area contributed by atoms with E-state index in [1.165, 1.54) is 11.1 Å². The van der Waals surface area contributed by atoms with Crippen LogP contribution in [-0.2, 0) is 19.1 Å². The van der Waals surface area contributed by atoms with E-state index in [4.69, 9.17) is 4.74 Å². The van der Waals surface area contributed by atoms with E-state index in [-0.39, 0.29) is 29.6 Å². The number of hydrogen-bond acceptors (Lipinski definition) is 6. The van der Waals surface area contributed by atoms with Crippen LogP contribution >= 0.6 is 0 Å². The first-order valence-electron chi connectivity index (χ1n) is 14.9. The van der Waals surface area contributed by atoms with E-state index in [9.17, 15) is 9.59 Å². The number of carbonyl (C=O) groups excluding carboxylic acids is 2. The van der Waals surface area contributed by atoms with E-state index < -0.39 is 0 Å². The number of carbonyl (C=O) groups is 2. The lowest BCUT2D eigenvalue weighted by Gasteiger charge is -2.38. The Morgan fingerprint density at radius 2 is 1.52 bits per heavy atom. The molecule has 3 N–H and O–H groups in total. The summed E-state index contributed by atoms with van der Waals surface area (Å²) in [5.74, 6) is 0.102. The van der Waals surface area contributed by atoms with Crippen LogP contribution in [0.25, 0.3) is 0 Å². The molecule has 0 bridgehead atoms. The summed E-state index contributed by atoms with van der Waals surface area (Å²) < 4.78 is 11.0. The molecule has 2 aliphatic heterocycles. The van der Waals surface area contributed by atoms with E-state index in [2.05, 4.69) is 32.8 Å². The average Bonchev–Trinajstić information content (AvgIpc) is 2.97. The molecule has 0 saturated carbocycles. The van der Waals surface area contributed by atoms with Gasteiger partial charge in [0, 0.05) is 18.2 Å². The van der Waals surface area contributed by atoms with Gasteiger partial charge >= 0.3 is 0 Å². The maximum absolute atomic E-state index is 13.1. The van der Waals surface area contributed by atoms with Crippen LogP contribution in [-0.4, -0.2) is 55.9 Å². The monoisotopic (exact) mass is 555 g/mol. The minimum atomic E-state index is -0.318. The predicted molar refractivity (Wildman–Crippen MR) is 166 cm³/mol. The highest BCUT2D eigenvalue weighted by Gasteiger charge is 2.37. The van der Waals surface area contributed by atoms with Crippen molar-refractivity contribution in [3.63, 3.8) is 0 Å². The van der Waals surface area contributed by atoms with Crippen LogP contribution < -0.4 is 16.0 Å². The molecule has 3 atom stereocenters. The molecule has 2 fully saturated rings. The molecule has 1 amide bonds. The summed E-state index contributed by atoms with van der Waals surface area (Å²) in [5, 5.41) is 9.96. The number of piperidine rings is 2. The minimum Gasteiger partial charge on any atom is -0.462 e. The third-order valence-electron chi connectivity index (χ3n) is 6.39. The first kappa shape index (κ1) is 35.3. The molecule has 0 aliphatic carbocycles. The van der Waals surface area contributed by atoms with Gasteiger partial charge in [0.15, 0.2) is 0 Å². The Kier molecular flexibility index (Phi) is 17.1. The average molecular weight is 556 g/mol. The number of hydrogen-bond donors (Lipinski definition) is 3. The van der Waals surface area contributed by atoms with Crippen LogP contribution in [0.1, 0.15) is 84.8 Å². The second kappa shape index (κ2) is 19.4. The Bertz CT molecular complexity index is 938. The predicted octanol–water partition coefficient (Wildman–Crippen LogP) is 6.23. The van der Waals surface area contributed by atoms with E-state index in [0.29, 0.717) is 19.1 Å². The van der Waals surface area contributed by atoms with Crippen LogP contribution in [0.2, 0.25) is 0 Å². The normalized spacial score (nSPS) is 20.6. The first-order valence-corrected chi connectivity index (χ1v) is 14.9. The Hall–Kier alpha value is -2.74. The zero-order chi connectivity index (χ0) is 30.0. The molecule has 2 aliphatic rings. The summed E-state index contributed by atoms with van der Waals surface area (Å²) in [6.45, 7) is 18.7. The topological polar surface area (TPSA) is 88.7 Å². The zero-order valence-electron chi connectivity index (χ0n) is 26.0. The van der Waals surface area contributed by atoms with Gasteiger partial charge in [0.1, 0.15) is 5.60 Å². The largest absolute Gasteiger partial charge is 0.462 e. The molecule has 0 radical (unpaired) electrons. The third kappa shape index (κ3) is 13.1. The van der Waals surface area contributed by atoms with E-state index >= 15 is 0 Å². The van der Waals surface area contributed by atoms with Crippen molar-refractivity contribution in [3.8, 4) is 0 Å². The fourth-order valence-corrected chi connectivity index (χ4v) is 4.52. The summed E-state index contributed by atoms with van der Waals surface area (Å²) >= 11 is 0. The van der Waals surface area contributed by atoms with Gasteiger partial charge in [0.25, 0.3) is 6.47 Å². The summed E-state index contributed by atoms with van der Waals surface area (Å²) in [5.41, 5.74) is 2.88. The lowest BCUT2D eigenvalue weighted by atomic mass is 9.83. The number of aryl methyl sites for hydroxylation is 1. The lowest BCUT2D eigenvalue weighted by Crippen LogP contribution is -2.54. The summed E-state index contributed by atoms with van der Waals surface area (Å²) in [6.07, 6.45) is 3.42. The molecule has 7 heteroatoms. The Labute approximate surface area is 242 Å². The van der Waals surface area contributed by atoms with Gasteiger partial charge in [-0.3, -0.25) is 9.59 Å². The molecular formula is C33H53N3O4. The van der Waals surface area contributed by atoms with Gasteiger partial charge < -0.3 is 25.4 Å². The fourth-order valence-electron chi connectivity index (χ4n) is 4.52. The number of nitrogens with one attached hydrogen (secondary N) is 3. The molecule has 3 unspecified atom stereocenters. The molecule has 2 aromatic rings. The number of benzene rings is 2. The van der Waals surface area contributed by atoms with Crippen LogP contribution in [0, 0.1) is 6.92 Å². The van der Waals surface area contributed by atoms with E-state index in [1.54, 1.807) is 0 Å². The third-order valence-corrected chi connectivity index (χ3v) is 6.39.